The van der Waals surface area contributed by atoms with Gasteiger partial charge < -0.3 is 4.74 Å². The van der Waals surface area contributed by atoms with Crippen LogP contribution >= 0.6 is 15.9 Å². The van der Waals surface area contributed by atoms with Crippen LogP contribution in [-0.2, 0) is 11.2 Å². The molecule has 0 bridgehead atoms. The Bertz CT molecular complexity index is 710. The summed E-state index contributed by atoms with van der Waals surface area (Å²) >= 11 is 3.49. The first-order valence-electron chi connectivity index (χ1n) is 6.56. The van der Waals surface area contributed by atoms with Crippen molar-refractivity contribution in [1.29, 1.82) is 0 Å². The van der Waals surface area contributed by atoms with Gasteiger partial charge in [0.05, 0.1) is 23.6 Å². The summed E-state index contributed by atoms with van der Waals surface area (Å²) in [5.41, 5.74) is 5.75. The number of rotatable bonds is 2. The van der Waals surface area contributed by atoms with E-state index < -0.39 is 0 Å². The predicted octanol–water partition coefficient (Wildman–Crippen LogP) is 3.90. The number of aryl methyl sites for hydroxylation is 1. The SMILES string of the molecule is CCOC(=O)c1cc2c(nc1C)-c1ccc(Br)cc1C2. The van der Waals surface area contributed by atoms with Gasteiger partial charge in [0, 0.05) is 16.5 Å². The molecule has 0 saturated carbocycles. The van der Waals surface area contributed by atoms with Crippen molar-refractivity contribution in [1.82, 2.24) is 4.98 Å². The van der Waals surface area contributed by atoms with E-state index in [4.69, 9.17) is 4.74 Å². The Morgan fingerprint density at radius 1 is 1.35 bits per heavy atom. The molecule has 0 atom stereocenters. The van der Waals surface area contributed by atoms with E-state index in [9.17, 15) is 4.79 Å². The second-order valence-electron chi connectivity index (χ2n) is 4.83. The van der Waals surface area contributed by atoms with Crippen molar-refractivity contribution in [2.45, 2.75) is 20.3 Å². The fourth-order valence-electron chi connectivity index (χ4n) is 2.57. The van der Waals surface area contributed by atoms with Crippen molar-refractivity contribution in [3.05, 3.63) is 51.1 Å². The van der Waals surface area contributed by atoms with Crippen LogP contribution in [0.4, 0.5) is 0 Å². The average molecular weight is 332 g/mol. The van der Waals surface area contributed by atoms with Crippen molar-refractivity contribution in [2.75, 3.05) is 6.61 Å². The minimum Gasteiger partial charge on any atom is -0.462 e. The van der Waals surface area contributed by atoms with Crippen LogP contribution < -0.4 is 0 Å². The zero-order valence-electron chi connectivity index (χ0n) is 11.4. The molecule has 102 valence electrons. The van der Waals surface area contributed by atoms with Crippen LogP contribution in [0, 0.1) is 6.92 Å². The molecule has 1 aromatic carbocycles. The number of benzene rings is 1. The number of esters is 1. The zero-order chi connectivity index (χ0) is 14.3. The summed E-state index contributed by atoms with van der Waals surface area (Å²) in [5, 5.41) is 0. The lowest BCUT2D eigenvalue weighted by atomic mass is 10.1. The summed E-state index contributed by atoms with van der Waals surface area (Å²) in [5.74, 6) is -0.294. The largest absolute Gasteiger partial charge is 0.462 e. The van der Waals surface area contributed by atoms with Gasteiger partial charge in [-0.1, -0.05) is 22.0 Å². The molecule has 4 heteroatoms. The average Bonchev–Trinajstić information content (AvgIpc) is 2.74. The molecule has 0 N–H and O–H groups in total. The maximum absolute atomic E-state index is 11.9. The molecule has 0 spiro atoms. The summed E-state index contributed by atoms with van der Waals surface area (Å²) in [6.45, 7) is 4.04. The molecule has 0 aliphatic heterocycles. The maximum Gasteiger partial charge on any atom is 0.339 e. The Morgan fingerprint density at radius 2 is 2.15 bits per heavy atom. The standard InChI is InChI=1S/C16H14BrNO2/c1-3-20-16(19)14-8-11-6-10-7-12(17)4-5-13(10)15(11)18-9(14)2/h4-5,7-8H,3,6H2,1-2H3. The van der Waals surface area contributed by atoms with E-state index >= 15 is 0 Å². The second kappa shape index (κ2) is 5.02. The van der Waals surface area contributed by atoms with Crippen molar-refractivity contribution in [3.8, 4) is 11.3 Å². The fraction of sp³-hybridized carbons (Fsp3) is 0.250. The normalized spacial score (nSPS) is 11.9. The molecule has 1 heterocycles. The quantitative estimate of drug-likeness (QED) is 0.668. The van der Waals surface area contributed by atoms with Gasteiger partial charge in [0.15, 0.2) is 0 Å². The van der Waals surface area contributed by atoms with Crippen LogP contribution in [0.25, 0.3) is 11.3 Å². The summed E-state index contributed by atoms with van der Waals surface area (Å²) in [6.07, 6.45) is 0.809. The van der Waals surface area contributed by atoms with Gasteiger partial charge in [0.2, 0.25) is 0 Å². The first-order chi connectivity index (χ1) is 9.60. The fourth-order valence-corrected chi connectivity index (χ4v) is 2.98. The highest BCUT2D eigenvalue weighted by Gasteiger charge is 2.23. The number of ether oxygens (including phenoxy) is 1. The predicted molar refractivity (Wildman–Crippen MR) is 80.9 cm³/mol. The number of aromatic nitrogens is 1. The molecule has 2 aromatic rings. The molecule has 0 radical (unpaired) electrons. The van der Waals surface area contributed by atoms with E-state index in [1.54, 1.807) is 6.92 Å². The molecule has 3 rings (SSSR count). The van der Waals surface area contributed by atoms with Gasteiger partial charge in [-0.25, -0.2) is 4.79 Å². The van der Waals surface area contributed by atoms with Crippen LogP contribution in [0.5, 0.6) is 0 Å². The highest BCUT2D eigenvalue weighted by Crippen LogP contribution is 2.37. The van der Waals surface area contributed by atoms with Gasteiger partial charge in [-0.05, 0) is 43.2 Å². The molecule has 0 amide bonds. The number of hydrogen-bond acceptors (Lipinski definition) is 3. The lowest BCUT2D eigenvalue weighted by molar-refractivity contribution is 0.0525. The molecule has 1 aliphatic rings. The first-order valence-corrected chi connectivity index (χ1v) is 7.36. The Morgan fingerprint density at radius 3 is 2.90 bits per heavy atom. The van der Waals surface area contributed by atoms with E-state index in [2.05, 4.69) is 33.0 Å². The first kappa shape index (κ1) is 13.3. The number of halogens is 1. The van der Waals surface area contributed by atoms with Gasteiger partial charge in [0.1, 0.15) is 0 Å². The van der Waals surface area contributed by atoms with Crippen molar-refractivity contribution in [3.63, 3.8) is 0 Å². The van der Waals surface area contributed by atoms with Crippen molar-refractivity contribution < 1.29 is 9.53 Å². The molecule has 0 unspecified atom stereocenters. The Balaban J connectivity index is 2.08. The molecule has 0 fully saturated rings. The lowest BCUT2D eigenvalue weighted by Gasteiger charge is -2.08. The third kappa shape index (κ3) is 2.14. The number of carbonyl (C=O) groups excluding carboxylic acids is 1. The number of nitrogens with zero attached hydrogens (tertiary/aromatic N) is 1. The maximum atomic E-state index is 11.9. The van der Waals surface area contributed by atoms with Crippen LogP contribution in [0.15, 0.2) is 28.7 Å². The zero-order valence-corrected chi connectivity index (χ0v) is 13.0. The molecular weight excluding hydrogens is 318 g/mol. The molecule has 1 aromatic heterocycles. The second-order valence-corrected chi connectivity index (χ2v) is 5.74. The summed E-state index contributed by atoms with van der Waals surface area (Å²) < 4.78 is 6.14. The molecule has 0 saturated heterocycles. The van der Waals surface area contributed by atoms with Gasteiger partial charge in [-0.2, -0.15) is 0 Å². The van der Waals surface area contributed by atoms with Crippen LogP contribution in [-0.4, -0.2) is 17.6 Å². The minimum atomic E-state index is -0.294. The summed E-state index contributed by atoms with van der Waals surface area (Å²) in [4.78, 5) is 16.5. The Labute approximate surface area is 126 Å². The van der Waals surface area contributed by atoms with Crippen LogP contribution in [0.2, 0.25) is 0 Å². The van der Waals surface area contributed by atoms with Gasteiger partial charge in [-0.15, -0.1) is 0 Å². The van der Waals surface area contributed by atoms with E-state index in [-0.39, 0.29) is 5.97 Å². The third-order valence-electron chi connectivity index (χ3n) is 3.49. The number of fused-ring (bicyclic) bond motifs is 3. The lowest BCUT2D eigenvalue weighted by Crippen LogP contribution is -2.09. The number of hydrogen-bond donors (Lipinski definition) is 0. The topological polar surface area (TPSA) is 39.2 Å². The third-order valence-corrected chi connectivity index (χ3v) is 3.98. The minimum absolute atomic E-state index is 0.294. The highest BCUT2D eigenvalue weighted by atomic mass is 79.9. The van der Waals surface area contributed by atoms with Crippen LogP contribution in [0.1, 0.15) is 34.1 Å². The molecule has 3 nitrogen and oxygen atoms in total. The van der Waals surface area contributed by atoms with Crippen molar-refractivity contribution in [2.24, 2.45) is 0 Å². The van der Waals surface area contributed by atoms with Crippen molar-refractivity contribution >= 4 is 21.9 Å². The Hall–Kier alpha value is -1.68. The monoisotopic (exact) mass is 331 g/mol. The van der Waals surface area contributed by atoms with E-state index in [0.717, 1.165) is 33.4 Å². The summed E-state index contributed by atoms with van der Waals surface area (Å²) in [7, 11) is 0. The molecule has 1 aliphatic carbocycles. The van der Waals surface area contributed by atoms with Gasteiger partial charge in [-0.3, -0.25) is 4.98 Å². The Kier molecular flexibility index (Phi) is 3.34. The van der Waals surface area contributed by atoms with E-state index in [0.29, 0.717) is 12.2 Å². The van der Waals surface area contributed by atoms with Gasteiger partial charge >= 0.3 is 5.97 Å². The van der Waals surface area contributed by atoms with E-state index in [1.165, 1.54) is 5.56 Å². The highest BCUT2D eigenvalue weighted by molar-refractivity contribution is 9.10. The summed E-state index contributed by atoms with van der Waals surface area (Å²) in [6, 6.07) is 8.12. The number of carbonyl (C=O) groups is 1. The van der Waals surface area contributed by atoms with E-state index in [1.807, 2.05) is 19.1 Å². The van der Waals surface area contributed by atoms with Crippen LogP contribution in [0.3, 0.4) is 0 Å². The molecular formula is C16H14BrNO2. The van der Waals surface area contributed by atoms with Gasteiger partial charge in [0.25, 0.3) is 0 Å². The molecule has 20 heavy (non-hydrogen) atoms. The smallest absolute Gasteiger partial charge is 0.339 e. The number of pyridine rings is 1.